The molecule has 3 rings (SSSR count). The Labute approximate surface area is 149 Å². The van der Waals surface area contributed by atoms with E-state index in [1.165, 1.54) is 0 Å². The van der Waals surface area contributed by atoms with Gasteiger partial charge in [0, 0.05) is 44.6 Å². The second kappa shape index (κ2) is 8.29. The topological polar surface area (TPSA) is 79.6 Å². The second-order valence-corrected chi connectivity index (χ2v) is 7.58. The normalized spacial score (nSPS) is 26.9. The molecule has 7 nitrogen and oxygen atoms in total. The SMILES string of the molecule is CN(C)CCNC(=O)C1(Cc2cc(C3CCOC3)no2)CCCNC1. The van der Waals surface area contributed by atoms with Crippen LogP contribution in [0, 0.1) is 5.41 Å². The van der Waals surface area contributed by atoms with E-state index in [4.69, 9.17) is 9.26 Å². The number of amides is 1. The number of likely N-dealkylation sites (N-methyl/N-ethyl adjacent to an activating group) is 1. The largest absolute Gasteiger partial charge is 0.381 e. The van der Waals surface area contributed by atoms with E-state index in [0.717, 1.165) is 50.4 Å². The van der Waals surface area contributed by atoms with Crippen molar-refractivity contribution in [2.45, 2.75) is 31.6 Å². The Morgan fingerprint density at radius 1 is 1.52 bits per heavy atom. The van der Waals surface area contributed by atoms with Crippen LogP contribution < -0.4 is 10.6 Å². The van der Waals surface area contributed by atoms with E-state index in [-0.39, 0.29) is 5.91 Å². The number of hydrogen-bond donors (Lipinski definition) is 2. The Morgan fingerprint density at radius 2 is 2.40 bits per heavy atom. The average molecular weight is 350 g/mol. The van der Waals surface area contributed by atoms with Gasteiger partial charge in [0.1, 0.15) is 5.76 Å². The smallest absolute Gasteiger partial charge is 0.228 e. The van der Waals surface area contributed by atoms with Crippen LogP contribution in [0.3, 0.4) is 0 Å². The molecule has 0 bridgehead atoms. The lowest BCUT2D eigenvalue weighted by Crippen LogP contribution is -2.52. The van der Waals surface area contributed by atoms with Gasteiger partial charge < -0.3 is 24.8 Å². The van der Waals surface area contributed by atoms with Gasteiger partial charge in [0.15, 0.2) is 0 Å². The molecule has 2 N–H and O–H groups in total. The van der Waals surface area contributed by atoms with Crippen LogP contribution in [0.4, 0.5) is 0 Å². The maximum Gasteiger partial charge on any atom is 0.228 e. The minimum Gasteiger partial charge on any atom is -0.381 e. The third kappa shape index (κ3) is 4.59. The van der Waals surface area contributed by atoms with Gasteiger partial charge in [0.05, 0.1) is 17.7 Å². The molecule has 0 spiro atoms. The number of nitrogens with one attached hydrogen (secondary N) is 2. The summed E-state index contributed by atoms with van der Waals surface area (Å²) in [7, 11) is 4.01. The second-order valence-electron chi connectivity index (χ2n) is 7.58. The van der Waals surface area contributed by atoms with Crippen molar-refractivity contribution in [1.29, 1.82) is 0 Å². The average Bonchev–Trinajstić information content (AvgIpc) is 3.26. The van der Waals surface area contributed by atoms with Crippen LogP contribution >= 0.6 is 0 Å². The molecule has 1 aromatic rings. The molecule has 2 aliphatic heterocycles. The molecule has 2 atom stereocenters. The van der Waals surface area contributed by atoms with Gasteiger partial charge in [-0.25, -0.2) is 0 Å². The molecule has 0 radical (unpaired) electrons. The maximum absolute atomic E-state index is 12.9. The highest BCUT2D eigenvalue weighted by Crippen LogP contribution is 2.33. The highest BCUT2D eigenvalue weighted by atomic mass is 16.5. The molecule has 2 fully saturated rings. The van der Waals surface area contributed by atoms with Crippen LogP contribution in [0.1, 0.15) is 36.6 Å². The first-order chi connectivity index (χ1) is 12.1. The Balaban J connectivity index is 1.66. The fraction of sp³-hybridized carbons (Fsp3) is 0.778. The summed E-state index contributed by atoms with van der Waals surface area (Å²) in [4.78, 5) is 15.0. The van der Waals surface area contributed by atoms with Crippen molar-refractivity contribution in [3.8, 4) is 0 Å². The van der Waals surface area contributed by atoms with Crippen LogP contribution in [-0.4, -0.2) is 69.5 Å². The first kappa shape index (κ1) is 18.4. The molecule has 0 aliphatic carbocycles. The third-order valence-corrected chi connectivity index (χ3v) is 5.24. The van der Waals surface area contributed by atoms with Gasteiger partial charge in [0.25, 0.3) is 0 Å². The van der Waals surface area contributed by atoms with Gasteiger partial charge in [-0.15, -0.1) is 0 Å². The van der Waals surface area contributed by atoms with Crippen molar-refractivity contribution in [3.05, 3.63) is 17.5 Å². The molecule has 1 amide bonds. The van der Waals surface area contributed by atoms with E-state index < -0.39 is 5.41 Å². The summed E-state index contributed by atoms with van der Waals surface area (Å²) in [6, 6.07) is 2.02. The number of ether oxygens (including phenoxy) is 1. The van der Waals surface area contributed by atoms with Gasteiger partial charge in [-0.05, 0) is 39.9 Å². The number of carbonyl (C=O) groups is 1. The van der Waals surface area contributed by atoms with Crippen molar-refractivity contribution in [3.63, 3.8) is 0 Å². The zero-order valence-corrected chi connectivity index (χ0v) is 15.3. The maximum atomic E-state index is 12.9. The van der Waals surface area contributed by atoms with E-state index in [9.17, 15) is 4.79 Å². The Morgan fingerprint density at radius 3 is 3.08 bits per heavy atom. The van der Waals surface area contributed by atoms with E-state index in [0.29, 0.717) is 32.0 Å². The van der Waals surface area contributed by atoms with Crippen LogP contribution in [0.15, 0.2) is 10.6 Å². The lowest BCUT2D eigenvalue weighted by molar-refractivity contribution is -0.132. The predicted molar refractivity (Wildman–Crippen MR) is 94.5 cm³/mol. The Hall–Kier alpha value is -1.44. The van der Waals surface area contributed by atoms with E-state index >= 15 is 0 Å². The fourth-order valence-corrected chi connectivity index (χ4v) is 3.68. The Kier molecular flexibility index (Phi) is 6.09. The summed E-state index contributed by atoms with van der Waals surface area (Å²) in [5, 5.41) is 10.7. The van der Waals surface area contributed by atoms with Gasteiger partial charge >= 0.3 is 0 Å². The minimum absolute atomic E-state index is 0.115. The molecule has 7 heteroatoms. The van der Waals surface area contributed by atoms with Crippen molar-refractivity contribution in [1.82, 2.24) is 20.7 Å². The number of aromatic nitrogens is 1. The zero-order chi connectivity index (χ0) is 17.7. The van der Waals surface area contributed by atoms with Gasteiger partial charge in [0.2, 0.25) is 5.91 Å². The molecule has 2 aliphatic rings. The van der Waals surface area contributed by atoms with E-state index in [1.54, 1.807) is 0 Å². The quantitative estimate of drug-likeness (QED) is 0.756. The van der Waals surface area contributed by atoms with Crippen LogP contribution in [0.2, 0.25) is 0 Å². The summed E-state index contributed by atoms with van der Waals surface area (Å²) >= 11 is 0. The van der Waals surface area contributed by atoms with Crippen molar-refractivity contribution >= 4 is 5.91 Å². The van der Waals surface area contributed by atoms with Crippen molar-refractivity contribution in [2.24, 2.45) is 5.41 Å². The minimum atomic E-state index is -0.451. The first-order valence-corrected chi connectivity index (χ1v) is 9.26. The molecule has 0 aromatic carbocycles. The van der Waals surface area contributed by atoms with Crippen molar-refractivity contribution in [2.75, 3.05) is 53.5 Å². The summed E-state index contributed by atoms with van der Waals surface area (Å²) in [5.41, 5.74) is 0.507. The highest BCUT2D eigenvalue weighted by molar-refractivity contribution is 5.83. The molecule has 1 aromatic heterocycles. The standard InChI is InChI=1S/C18H30N4O3/c1-22(2)8-7-20-17(23)18(5-3-6-19-13-18)11-15-10-16(21-25-15)14-4-9-24-12-14/h10,14,19H,3-9,11-13H2,1-2H3,(H,20,23). The molecule has 2 saturated heterocycles. The van der Waals surface area contributed by atoms with E-state index in [2.05, 4.69) is 20.7 Å². The summed E-state index contributed by atoms with van der Waals surface area (Å²) in [5.74, 6) is 1.24. The zero-order valence-electron chi connectivity index (χ0n) is 15.3. The molecular formula is C18H30N4O3. The lowest BCUT2D eigenvalue weighted by Gasteiger charge is -2.35. The summed E-state index contributed by atoms with van der Waals surface area (Å²) < 4.78 is 11.0. The van der Waals surface area contributed by atoms with Gasteiger partial charge in [-0.1, -0.05) is 5.16 Å². The molecule has 25 heavy (non-hydrogen) atoms. The van der Waals surface area contributed by atoms with Crippen molar-refractivity contribution < 1.29 is 14.1 Å². The fourth-order valence-electron chi connectivity index (χ4n) is 3.68. The van der Waals surface area contributed by atoms with Crippen LogP contribution in [0.5, 0.6) is 0 Å². The van der Waals surface area contributed by atoms with Gasteiger partial charge in [-0.2, -0.15) is 0 Å². The number of piperidine rings is 1. The molecule has 3 heterocycles. The van der Waals surface area contributed by atoms with Gasteiger partial charge in [-0.3, -0.25) is 4.79 Å². The molecule has 2 unspecified atom stereocenters. The lowest BCUT2D eigenvalue weighted by atomic mass is 9.76. The molecule has 140 valence electrons. The predicted octanol–water partition coefficient (Wildman–Crippen LogP) is 0.769. The molecule has 0 saturated carbocycles. The monoisotopic (exact) mass is 350 g/mol. The number of carbonyl (C=O) groups excluding carboxylic acids is 1. The molecular weight excluding hydrogens is 320 g/mol. The van der Waals surface area contributed by atoms with E-state index in [1.807, 2.05) is 20.2 Å². The highest BCUT2D eigenvalue weighted by Gasteiger charge is 2.41. The van der Waals surface area contributed by atoms with Crippen LogP contribution in [0.25, 0.3) is 0 Å². The van der Waals surface area contributed by atoms with Crippen LogP contribution in [-0.2, 0) is 16.0 Å². The summed E-state index contributed by atoms with van der Waals surface area (Å²) in [6.07, 6.45) is 3.45. The first-order valence-electron chi connectivity index (χ1n) is 9.26. The summed E-state index contributed by atoms with van der Waals surface area (Å²) in [6.45, 7) is 4.65. The Bertz CT molecular complexity index is 560. The number of rotatable bonds is 7. The number of hydrogen-bond acceptors (Lipinski definition) is 6. The number of nitrogens with zero attached hydrogens (tertiary/aromatic N) is 2. The third-order valence-electron chi connectivity index (χ3n) is 5.24.